The summed E-state index contributed by atoms with van der Waals surface area (Å²) in [5.41, 5.74) is 0.336. The lowest BCUT2D eigenvalue weighted by Gasteiger charge is -2.14. The minimum Gasteiger partial charge on any atom is -0.351 e. The Kier molecular flexibility index (Phi) is 4.06. The summed E-state index contributed by atoms with van der Waals surface area (Å²) in [5, 5.41) is 6.16. The molecule has 1 aliphatic rings. The number of hydrogen-bond acceptors (Lipinski definition) is 4. The first-order valence-electron chi connectivity index (χ1n) is 7.08. The van der Waals surface area contributed by atoms with Crippen LogP contribution in [0.5, 0.6) is 0 Å². The van der Waals surface area contributed by atoms with Gasteiger partial charge in [-0.3, -0.25) is 0 Å². The summed E-state index contributed by atoms with van der Waals surface area (Å²) in [4.78, 5) is 7.66. The molecule has 3 rings (SSSR count). The van der Waals surface area contributed by atoms with Crippen molar-refractivity contribution in [3.05, 3.63) is 40.5 Å². The molecular weight excluding hydrogens is 329 g/mol. The van der Waals surface area contributed by atoms with Gasteiger partial charge in [-0.2, -0.15) is 18.2 Å². The van der Waals surface area contributed by atoms with Gasteiger partial charge in [0, 0.05) is 12.1 Å². The van der Waals surface area contributed by atoms with Gasteiger partial charge in [0.1, 0.15) is 5.82 Å². The van der Waals surface area contributed by atoms with Crippen LogP contribution in [0.15, 0.2) is 24.3 Å². The van der Waals surface area contributed by atoms with E-state index in [1.807, 2.05) is 13.0 Å². The van der Waals surface area contributed by atoms with Crippen molar-refractivity contribution in [2.75, 3.05) is 10.6 Å². The fourth-order valence-corrected chi connectivity index (χ4v) is 2.32. The van der Waals surface area contributed by atoms with Gasteiger partial charge < -0.3 is 10.6 Å². The van der Waals surface area contributed by atoms with Crippen LogP contribution in [-0.2, 0) is 6.18 Å². The molecule has 1 aromatic heterocycles. The molecule has 1 aromatic carbocycles. The zero-order valence-corrected chi connectivity index (χ0v) is 13.0. The minimum absolute atomic E-state index is 0.0328. The van der Waals surface area contributed by atoms with E-state index >= 15 is 0 Å². The molecule has 1 saturated carbocycles. The highest BCUT2D eigenvalue weighted by atomic mass is 35.5. The maximum absolute atomic E-state index is 13.0. The van der Waals surface area contributed by atoms with Crippen LogP contribution in [0.3, 0.4) is 0 Å². The van der Waals surface area contributed by atoms with Crippen LogP contribution in [-0.4, -0.2) is 16.0 Å². The second-order valence-electron chi connectivity index (χ2n) is 5.44. The van der Waals surface area contributed by atoms with E-state index in [0.717, 1.165) is 24.5 Å². The second-order valence-corrected chi connectivity index (χ2v) is 5.84. The Hall–Kier alpha value is -2.02. The Balaban J connectivity index is 1.96. The third kappa shape index (κ3) is 3.85. The number of halogens is 4. The van der Waals surface area contributed by atoms with Gasteiger partial charge in [-0.1, -0.05) is 23.7 Å². The van der Waals surface area contributed by atoms with Gasteiger partial charge in [0.05, 0.1) is 10.7 Å². The number of benzene rings is 1. The van der Waals surface area contributed by atoms with Gasteiger partial charge in [-0.15, -0.1) is 0 Å². The van der Waals surface area contributed by atoms with Gasteiger partial charge in [0.25, 0.3) is 0 Å². The van der Waals surface area contributed by atoms with Crippen molar-refractivity contribution >= 4 is 29.1 Å². The molecule has 122 valence electrons. The molecule has 8 heteroatoms. The number of alkyl halides is 3. The van der Waals surface area contributed by atoms with Gasteiger partial charge >= 0.3 is 6.18 Å². The Bertz CT molecular complexity index is 709. The normalized spacial score (nSPS) is 14.7. The average Bonchev–Trinajstić information content (AvgIpc) is 3.26. The number of hydrogen-bond donors (Lipinski definition) is 2. The van der Waals surface area contributed by atoms with Crippen molar-refractivity contribution in [3.8, 4) is 0 Å². The van der Waals surface area contributed by atoms with Gasteiger partial charge in [0.2, 0.25) is 5.95 Å². The molecule has 0 radical (unpaired) electrons. The predicted octanol–water partition coefficient (Wildman–Crippen LogP) is 4.78. The fraction of sp³-hybridized carbons (Fsp3) is 0.333. The van der Waals surface area contributed by atoms with Crippen LogP contribution in [0.4, 0.5) is 30.6 Å². The quantitative estimate of drug-likeness (QED) is 0.840. The van der Waals surface area contributed by atoms with Crippen molar-refractivity contribution < 1.29 is 13.2 Å². The first kappa shape index (κ1) is 15.9. The van der Waals surface area contributed by atoms with Crippen LogP contribution in [0.2, 0.25) is 5.02 Å². The fourth-order valence-electron chi connectivity index (χ4n) is 2.05. The number of nitrogens with zero attached hydrogens (tertiary/aromatic N) is 2. The zero-order valence-electron chi connectivity index (χ0n) is 12.2. The molecule has 0 bridgehead atoms. The third-order valence-electron chi connectivity index (χ3n) is 3.40. The summed E-state index contributed by atoms with van der Waals surface area (Å²) in [6, 6.07) is 6.26. The van der Waals surface area contributed by atoms with E-state index in [-0.39, 0.29) is 17.8 Å². The average molecular weight is 343 g/mol. The van der Waals surface area contributed by atoms with Crippen molar-refractivity contribution in [1.82, 2.24) is 9.97 Å². The van der Waals surface area contributed by atoms with Gasteiger partial charge in [0.15, 0.2) is 5.69 Å². The summed E-state index contributed by atoms with van der Waals surface area (Å²) < 4.78 is 39.1. The summed E-state index contributed by atoms with van der Waals surface area (Å²) in [6.07, 6.45) is -2.73. The molecule has 0 spiro atoms. The molecule has 23 heavy (non-hydrogen) atoms. The molecular formula is C15H14ClF3N4. The molecule has 0 amide bonds. The molecule has 0 saturated heterocycles. The summed E-state index contributed by atoms with van der Waals surface area (Å²) >= 11 is 6.10. The maximum Gasteiger partial charge on any atom is 0.433 e. The first-order valence-corrected chi connectivity index (χ1v) is 7.45. The van der Waals surface area contributed by atoms with E-state index < -0.39 is 11.9 Å². The number of aromatic nitrogens is 2. The number of anilines is 3. The molecule has 2 N–H and O–H groups in total. The SMILES string of the molecule is Cc1cccc(Cl)c1Nc1cc(C(F)(F)F)nc(NC2CC2)n1. The van der Waals surface area contributed by atoms with Crippen molar-refractivity contribution in [1.29, 1.82) is 0 Å². The van der Waals surface area contributed by atoms with Crippen molar-refractivity contribution in [3.63, 3.8) is 0 Å². The highest BCUT2D eigenvalue weighted by molar-refractivity contribution is 6.33. The minimum atomic E-state index is -4.55. The lowest BCUT2D eigenvalue weighted by molar-refractivity contribution is -0.141. The van der Waals surface area contributed by atoms with Crippen LogP contribution in [0.25, 0.3) is 0 Å². The Morgan fingerprint density at radius 3 is 2.57 bits per heavy atom. The molecule has 1 fully saturated rings. The molecule has 2 aromatic rings. The van der Waals surface area contributed by atoms with E-state index in [2.05, 4.69) is 20.6 Å². The van der Waals surface area contributed by atoms with E-state index in [0.29, 0.717) is 10.7 Å². The van der Waals surface area contributed by atoms with Crippen LogP contribution in [0.1, 0.15) is 24.1 Å². The van der Waals surface area contributed by atoms with Crippen molar-refractivity contribution in [2.24, 2.45) is 0 Å². The lowest BCUT2D eigenvalue weighted by Crippen LogP contribution is -2.14. The molecule has 1 aliphatic carbocycles. The molecule has 0 aliphatic heterocycles. The van der Waals surface area contributed by atoms with Crippen LogP contribution >= 0.6 is 11.6 Å². The topological polar surface area (TPSA) is 49.8 Å². The second kappa shape index (κ2) is 5.88. The largest absolute Gasteiger partial charge is 0.433 e. The maximum atomic E-state index is 13.0. The number of aryl methyl sites for hydroxylation is 1. The van der Waals surface area contributed by atoms with E-state index in [4.69, 9.17) is 11.6 Å². The summed E-state index contributed by atoms with van der Waals surface area (Å²) in [5.74, 6) is 0.0150. The van der Waals surface area contributed by atoms with Gasteiger partial charge in [-0.05, 0) is 31.4 Å². The Labute approximate surface area is 136 Å². The monoisotopic (exact) mass is 342 g/mol. The predicted molar refractivity (Wildman–Crippen MR) is 83.2 cm³/mol. The highest BCUT2D eigenvalue weighted by Gasteiger charge is 2.34. The molecule has 0 atom stereocenters. The molecule has 0 unspecified atom stereocenters. The first-order chi connectivity index (χ1) is 10.8. The van der Waals surface area contributed by atoms with E-state index in [1.54, 1.807) is 12.1 Å². The van der Waals surface area contributed by atoms with Crippen LogP contribution in [0, 0.1) is 6.92 Å². The smallest absolute Gasteiger partial charge is 0.351 e. The molecule has 4 nitrogen and oxygen atoms in total. The Morgan fingerprint density at radius 1 is 1.22 bits per heavy atom. The number of nitrogens with one attached hydrogen (secondary N) is 2. The summed E-state index contributed by atoms with van der Waals surface area (Å²) in [6.45, 7) is 1.81. The number of rotatable bonds is 4. The summed E-state index contributed by atoms with van der Waals surface area (Å²) in [7, 11) is 0. The standard InChI is InChI=1S/C15H14ClF3N4/c1-8-3-2-4-10(16)13(8)22-12-7-11(15(17,18)19)21-14(23-12)20-9-5-6-9/h2-4,7,9H,5-6H2,1H3,(H2,20,21,22,23). The molecule has 1 heterocycles. The van der Waals surface area contributed by atoms with E-state index in [9.17, 15) is 13.2 Å². The number of para-hydroxylation sites is 1. The van der Waals surface area contributed by atoms with Crippen LogP contribution < -0.4 is 10.6 Å². The third-order valence-corrected chi connectivity index (χ3v) is 3.72. The lowest BCUT2D eigenvalue weighted by atomic mass is 10.2. The highest BCUT2D eigenvalue weighted by Crippen LogP contribution is 2.33. The zero-order chi connectivity index (χ0) is 16.6. The van der Waals surface area contributed by atoms with Crippen molar-refractivity contribution in [2.45, 2.75) is 32.0 Å². The van der Waals surface area contributed by atoms with Gasteiger partial charge in [-0.25, -0.2) is 4.98 Å². The van der Waals surface area contributed by atoms with E-state index in [1.165, 1.54) is 0 Å². The Morgan fingerprint density at radius 2 is 1.96 bits per heavy atom.